The number of benzene rings is 2. The van der Waals surface area contributed by atoms with Crippen LogP contribution in [0.15, 0.2) is 58.8 Å². The number of nitro benzene ring substituents is 1. The summed E-state index contributed by atoms with van der Waals surface area (Å²) in [6.45, 7) is 0. The number of halogens is 1. The van der Waals surface area contributed by atoms with E-state index >= 15 is 0 Å². The quantitative estimate of drug-likeness (QED) is 0.291. The average Bonchev–Trinajstić information content (AvgIpc) is 3.04. The third kappa shape index (κ3) is 3.70. The van der Waals surface area contributed by atoms with E-state index in [1.54, 1.807) is 4.68 Å². The van der Waals surface area contributed by atoms with E-state index in [2.05, 4.69) is 15.3 Å². The van der Waals surface area contributed by atoms with Gasteiger partial charge in [-0.2, -0.15) is 9.78 Å². The number of aromatic nitrogens is 3. The molecular formula is C16H12ClN5O2S. The van der Waals surface area contributed by atoms with E-state index in [0.717, 1.165) is 5.56 Å². The fraction of sp³-hybridized carbons (Fsp3) is 0.0625. The van der Waals surface area contributed by atoms with E-state index in [4.69, 9.17) is 11.6 Å². The van der Waals surface area contributed by atoms with Gasteiger partial charge in [0.05, 0.1) is 11.1 Å². The van der Waals surface area contributed by atoms with Crippen molar-refractivity contribution in [3.63, 3.8) is 0 Å². The summed E-state index contributed by atoms with van der Waals surface area (Å²) in [4.78, 5) is 10.4. The van der Waals surface area contributed by atoms with E-state index in [-0.39, 0.29) is 5.69 Å². The van der Waals surface area contributed by atoms with Gasteiger partial charge >= 0.3 is 0 Å². The lowest BCUT2D eigenvalue weighted by atomic mass is 10.2. The second-order valence-corrected chi connectivity index (χ2v) is 6.08. The van der Waals surface area contributed by atoms with Gasteiger partial charge in [0.25, 0.3) is 5.69 Å². The Morgan fingerprint density at radius 1 is 1.24 bits per heavy atom. The number of rotatable bonds is 5. The Bertz CT molecular complexity index is 943. The van der Waals surface area contributed by atoms with E-state index < -0.39 is 4.92 Å². The van der Waals surface area contributed by atoms with Crippen LogP contribution in [0.5, 0.6) is 0 Å². The maximum atomic E-state index is 10.9. The molecule has 126 valence electrons. The maximum absolute atomic E-state index is 10.9. The summed E-state index contributed by atoms with van der Waals surface area (Å²) >= 11 is 7.50. The van der Waals surface area contributed by atoms with E-state index in [0.29, 0.717) is 21.6 Å². The Labute approximate surface area is 152 Å². The second kappa shape index (κ2) is 7.45. The van der Waals surface area contributed by atoms with Crippen molar-refractivity contribution in [1.82, 2.24) is 14.9 Å². The molecule has 9 heteroatoms. The Balaban J connectivity index is 2.03. The van der Waals surface area contributed by atoms with Gasteiger partial charge in [0.2, 0.25) is 5.16 Å². The summed E-state index contributed by atoms with van der Waals surface area (Å²) < 4.78 is 1.58. The molecule has 0 amide bonds. The number of nitro groups is 1. The topological polar surface area (TPSA) is 86.2 Å². The maximum Gasteiger partial charge on any atom is 0.270 e. The van der Waals surface area contributed by atoms with E-state index in [1.807, 2.05) is 36.6 Å². The van der Waals surface area contributed by atoms with Crippen molar-refractivity contribution in [3.05, 3.63) is 69.2 Å². The second-order valence-electron chi connectivity index (χ2n) is 4.90. The Morgan fingerprint density at radius 2 is 2.00 bits per heavy atom. The van der Waals surface area contributed by atoms with Gasteiger partial charge < -0.3 is 0 Å². The predicted octanol–water partition coefficient (Wildman–Crippen LogP) is 4.11. The molecule has 0 aliphatic carbocycles. The molecule has 0 spiro atoms. The molecule has 0 aliphatic heterocycles. The predicted molar refractivity (Wildman–Crippen MR) is 98.3 cm³/mol. The Hall–Kier alpha value is -2.71. The first kappa shape index (κ1) is 17.1. The van der Waals surface area contributed by atoms with Gasteiger partial charge in [0, 0.05) is 28.3 Å². The van der Waals surface area contributed by atoms with Crippen LogP contribution in [0.4, 0.5) is 5.69 Å². The van der Waals surface area contributed by atoms with Crippen molar-refractivity contribution >= 4 is 35.3 Å². The highest BCUT2D eigenvalue weighted by atomic mass is 35.5. The first-order chi connectivity index (χ1) is 12.1. The lowest BCUT2D eigenvalue weighted by molar-refractivity contribution is -0.384. The molecule has 3 rings (SSSR count). The van der Waals surface area contributed by atoms with Crippen LogP contribution in [0.3, 0.4) is 0 Å². The van der Waals surface area contributed by atoms with Gasteiger partial charge in [-0.05, 0) is 12.3 Å². The number of non-ortho nitro benzene ring substituents is 1. The zero-order chi connectivity index (χ0) is 17.8. The molecular weight excluding hydrogens is 362 g/mol. The fourth-order valence-corrected chi connectivity index (χ4v) is 2.72. The van der Waals surface area contributed by atoms with Crippen molar-refractivity contribution in [3.8, 4) is 11.4 Å². The lowest BCUT2D eigenvalue weighted by Gasteiger charge is -2.03. The summed E-state index contributed by atoms with van der Waals surface area (Å²) in [6, 6.07) is 13.7. The van der Waals surface area contributed by atoms with Crippen LogP contribution < -0.4 is 0 Å². The van der Waals surface area contributed by atoms with Crippen LogP contribution in [0.25, 0.3) is 11.4 Å². The number of hydrogen-bond donors (Lipinski definition) is 0. The monoisotopic (exact) mass is 373 g/mol. The minimum Gasteiger partial charge on any atom is -0.258 e. The average molecular weight is 374 g/mol. The standard InChI is InChI=1S/C16H12ClN5O2S/c1-25-16-20-19-15(11-5-3-2-4-6-11)21(16)18-10-12-9-13(22(23)24)7-8-14(12)17/h2-10H,1H3/b18-10+. The fourth-order valence-electron chi connectivity index (χ4n) is 2.13. The third-order valence-corrected chi connectivity index (χ3v) is 4.29. The summed E-state index contributed by atoms with van der Waals surface area (Å²) in [7, 11) is 0. The molecule has 0 aliphatic rings. The highest BCUT2D eigenvalue weighted by molar-refractivity contribution is 7.98. The van der Waals surface area contributed by atoms with Crippen molar-refractivity contribution < 1.29 is 4.92 Å². The molecule has 0 saturated carbocycles. The van der Waals surface area contributed by atoms with Crippen LogP contribution in [0.1, 0.15) is 5.56 Å². The molecule has 0 fully saturated rings. The molecule has 0 bridgehead atoms. The highest BCUT2D eigenvalue weighted by Crippen LogP contribution is 2.24. The molecule has 7 nitrogen and oxygen atoms in total. The molecule has 0 radical (unpaired) electrons. The molecule has 1 aromatic heterocycles. The number of nitrogens with zero attached hydrogens (tertiary/aromatic N) is 5. The Morgan fingerprint density at radius 3 is 2.68 bits per heavy atom. The summed E-state index contributed by atoms with van der Waals surface area (Å²) in [6.07, 6.45) is 3.33. The first-order valence-electron chi connectivity index (χ1n) is 7.13. The van der Waals surface area contributed by atoms with Gasteiger partial charge in [-0.1, -0.05) is 53.7 Å². The molecule has 3 aromatic rings. The molecule has 0 atom stereocenters. The van der Waals surface area contributed by atoms with E-state index in [9.17, 15) is 10.1 Å². The third-order valence-electron chi connectivity index (χ3n) is 3.33. The lowest BCUT2D eigenvalue weighted by Crippen LogP contribution is -1.97. The first-order valence-corrected chi connectivity index (χ1v) is 8.73. The van der Waals surface area contributed by atoms with Crippen molar-refractivity contribution in [2.45, 2.75) is 5.16 Å². The van der Waals surface area contributed by atoms with Crippen molar-refractivity contribution in [1.29, 1.82) is 0 Å². The van der Waals surface area contributed by atoms with Crippen LogP contribution >= 0.6 is 23.4 Å². The molecule has 2 aromatic carbocycles. The van der Waals surface area contributed by atoms with Gasteiger partial charge in [-0.15, -0.1) is 10.2 Å². The number of hydrogen-bond acceptors (Lipinski definition) is 6. The number of thioether (sulfide) groups is 1. The van der Waals surface area contributed by atoms with Gasteiger partial charge in [0.15, 0.2) is 5.82 Å². The van der Waals surface area contributed by atoms with Gasteiger partial charge in [-0.3, -0.25) is 10.1 Å². The molecule has 25 heavy (non-hydrogen) atoms. The SMILES string of the molecule is CSc1nnc(-c2ccccc2)n1/N=C/c1cc([N+](=O)[O-])ccc1Cl. The summed E-state index contributed by atoms with van der Waals surface area (Å²) in [5, 5.41) is 24.6. The molecule has 1 heterocycles. The summed E-state index contributed by atoms with van der Waals surface area (Å²) in [5.74, 6) is 0.572. The van der Waals surface area contributed by atoms with Crippen molar-refractivity contribution in [2.75, 3.05) is 6.26 Å². The van der Waals surface area contributed by atoms with Crippen LogP contribution in [-0.2, 0) is 0 Å². The smallest absolute Gasteiger partial charge is 0.258 e. The Kier molecular flexibility index (Phi) is 5.11. The minimum absolute atomic E-state index is 0.0528. The zero-order valence-electron chi connectivity index (χ0n) is 13.0. The van der Waals surface area contributed by atoms with E-state index in [1.165, 1.54) is 36.2 Å². The summed E-state index contributed by atoms with van der Waals surface area (Å²) in [5.41, 5.74) is 1.25. The van der Waals surface area contributed by atoms with Crippen LogP contribution in [-0.4, -0.2) is 32.3 Å². The largest absolute Gasteiger partial charge is 0.270 e. The van der Waals surface area contributed by atoms with Crippen molar-refractivity contribution in [2.24, 2.45) is 5.10 Å². The van der Waals surface area contributed by atoms with Crippen LogP contribution in [0.2, 0.25) is 5.02 Å². The van der Waals surface area contributed by atoms with Crippen LogP contribution in [0, 0.1) is 10.1 Å². The molecule has 0 N–H and O–H groups in total. The van der Waals surface area contributed by atoms with Gasteiger partial charge in [0.1, 0.15) is 0 Å². The van der Waals surface area contributed by atoms with Gasteiger partial charge in [-0.25, -0.2) is 0 Å². The molecule has 0 unspecified atom stereocenters. The molecule has 0 saturated heterocycles. The highest BCUT2D eigenvalue weighted by Gasteiger charge is 2.13. The zero-order valence-corrected chi connectivity index (χ0v) is 14.6. The normalized spacial score (nSPS) is 11.1. The minimum atomic E-state index is -0.477.